The second-order valence-electron chi connectivity index (χ2n) is 9.00. The van der Waals surface area contributed by atoms with Crippen molar-refractivity contribution in [1.82, 2.24) is 15.1 Å². The summed E-state index contributed by atoms with van der Waals surface area (Å²) in [6.45, 7) is 3.66. The van der Waals surface area contributed by atoms with E-state index in [4.69, 9.17) is 11.6 Å². The van der Waals surface area contributed by atoms with Gasteiger partial charge in [-0.25, -0.2) is 4.39 Å². The number of hydrogen-bond acceptors (Lipinski definition) is 6. The van der Waals surface area contributed by atoms with Crippen LogP contribution in [0.3, 0.4) is 0 Å². The predicted octanol–water partition coefficient (Wildman–Crippen LogP) is 6.56. The van der Waals surface area contributed by atoms with Crippen molar-refractivity contribution in [3.05, 3.63) is 87.0 Å². The Hall–Kier alpha value is -3.14. The molecular weight excluding hydrogens is 519 g/mol. The molecule has 4 rings (SSSR count). The predicted molar refractivity (Wildman–Crippen MR) is 143 cm³/mol. The van der Waals surface area contributed by atoms with Crippen molar-refractivity contribution in [3.63, 3.8) is 0 Å². The van der Waals surface area contributed by atoms with Gasteiger partial charge in [-0.1, -0.05) is 55.0 Å². The Balaban J connectivity index is 1.73. The molecular formula is C26H24ClFN4O2S2. The molecule has 0 bridgehead atoms. The van der Waals surface area contributed by atoms with Crippen LogP contribution in [0.5, 0.6) is 0 Å². The van der Waals surface area contributed by atoms with Crippen molar-refractivity contribution in [2.45, 2.75) is 19.8 Å². The summed E-state index contributed by atoms with van der Waals surface area (Å²) < 4.78 is 14.3. The van der Waals surface area contributed by atoms with Gasteiger partial charge in [-0.05, 0) is 47.5 Å². The van der Waals surface area contributed by atoms with Crippen molar-refractivity contribution in [2.75, 3.05) is 19.4 Å². The minimum atomic E-state index is -0.957. The van der Waals surface area contributed by atoms with Crippen LogP contribution in [0.4, 0.5) is 9.52 Å². The largest absolute Gasteiger partial charge is 0.345 e. The molecule has 0 aliphatic rings. The molecule has 186 valence electrons. The molecule has 0 saturated heterocycles. The fourth-order valence-corrected chi connectivity index (χ4v) is 6.01. The molecule has 1 N–H and O–H groups in total. The first-order valence-corrected chi connectivity index (χ1v) is 13.1. The average molecular weight is 543 g/mol. The molecule has 0 aliphatic heterocycles. The van der Waals surface area contributed by atoms with Gasteiger partial charge in [0.25, 0.3) is 5.91 Å². The normalized spacial score (nSPS) is 12.3. The Labute approximate surface area is 221 Å². The molecule has 4 aromatic rings. The van der Waals surface area contributed by atoms with Gasteiger partial charge in [0.05, 0.1) is 16.0 Å². The summed E-state index contributed by atoms with van der Waals surface area (Å²) in [7, 11) is 3.35. The maximum atomic E-state index is 14.3. The lowest BCUT2D eigenvalue weighted by molar-refractivity contribution is -0.124. The molecule has 0 aliphatic carbocycles. The topological polar surface area (TPSA) is 75.2 Å². The van der Waals surface area contributed by atoms with E-state index in [0.29, 0.717) is 21.3 Å². The van der Waals surface area contributed by atoms with Gasteiger partial charge in [-0.3, -0.25) is 9.59 Å². The molecule has 36 heavy (non-hydrogen) atoms. The number of nitrogens with one attached hydrogen (secondary N) is 1. The number of halogens is 2. The first-order valence-electron chi connectivity index (χ1n) is 11.0. The maximum absolute atomic E-state index is 14.3. The van der Waals surface area contributed by atoms with E-state index >= 15 is 0 Å². The summed E-state index contributed by atoms with van der Waals surface area (Å²) in [5, 5.41) is 11.3. The highest BCUT2D eigenvalue weighted by atomic mass is 35.5. The third-order valence-corrected chi connectivity index (χ3v) is 7.99. The summed E-state index contributed by atoms with van der Waals surface area (Å²) in [6, 6.07) is 15.5. The van der Waals surface area contributed by atoms with Crippen LogP contribution in [0.15, 0.2) is 60.1 Å². The Morgan fingerprint density at radius 2 is 1.89 bits per heavy atom. The number of aromatic nitrogens is 2. The molecule has 2 amide bonds. The summed E-state index contributed by atoms with van der Waals surface area (Å²) in [5.41, 5.74) is 2.54. The second kappa shape index (κ2) is 10.5. The van der Waals surface area contributed by atoms with E-state index in [0.717, 1.165) is 15.3 Å². The van der Waals surface area contributed by atoms with E-state index in [1.165, 1.54) is 39.7 Å². The number of anilines is 1. The Morgan fingerprint density at radius 3 is 2.53 bits per heavy atom. The van der Waals surface area contributed by atoms with Crippen LogP contribution >= 0.6 is 34.3 Å². The van der Waals surface area contributed by atoms with Crippen LogP contribution < -0.4 is 5.32 Å². The van der Waals surface area contributed by atoms with Crippen LogP contribution in [-0.2, 0) is 4.79 Å². The molecule has 2 aromatic heterocycles. The smallest absolute Gasteiger partial charge is 0.254 e. The van der Waals surface area contributed by atoms with Crippen molar-refractivity contribution in [2.24, 2.45) is 5.41 Å². The molecule has 2 aromatic carbocycles. The third kappa shape index (κ3) is 5.33. The number of carbonyl (C=O) groups excluding carboxylic acids is 2. The van der Waals surface area contributed by atoms with Crippen LogP contribution in [0.2, 0.25) is 5.02 Å². The molecule has 0 radical (unpaired) electrons. The molecule has 10 heteroatoms. The molecule has 2 heterocycles. The Kier molecular flexibility index (Phi) is 7.54. The number of nitrogens with zero attached hydrogens (tertiary/aromatic N) is 3. The van der Waals surface area contributed by atoms with E-state index in [-0.39, 0.29) is 17.6 Å². The highest BCUT2D eigenvalue weighted by molar-refractivity contribution is 7.15. The van der Waals surface area contributed by atoms with Crippen molar-refractivity contribution in [3.8, 4) is 10.4 Å². The SMILES string of the molecule is CN(C)C(=O)c1ccc(-c2ccc([C@@H](c3cccc(F)c3)C(C)(C)C(=O)Nc3nncs3)s2)cc1Cl. The lowest BCUT2D eigenvalue weighted by Crippen LogP contribution is -2.36. The summed E-state index contributed by atoms with van der Waals surface area (Å²) in [6.07, 6.45) is 0. The van der Waals surface area contributed by atoms with E-state index < -0.39 is 11.3 Å². The zero-order valence-corrected chi connectivity index (χ0v) is 22.5. The maximum Gasteiger partial charge on any atom is 0.254 e. The van der Waals surface area contributed by atoms with E-state index in [1.54, 1.807) is 37.8 Å². The van der Waals surface area contributed by atoms with Gasteiger partial charge in [0.15, 0.2) is 0 Å². The van der Waals surface area contributed by atoms with Gasteiger partial charge in [-0.15, -0.1) is 21.5 Å². The van der Waals surface area contributed by atoms with Crippen molar-refractivity contribution in [1.29, 1.82) is 0 Å². The summed E-state index contributed by atoms with van der Waals surface area (Å²) in [4.78, 5) is 29.0. The highest BCUT2D eigenvalue weighted by Gasteiger charge is 2.40. The second-order valence-corrected chi connectivity index (χ2v) is 11.4. The lowest BCUT2D eigenvalue weighted by atomic mass is 9.73. The van der Waals surface area contributed by atoms with Gasteiger partial charge in [-0.2, -0.15) is 0 Å². The van der Waals surface area contributed by atoms with Crippen LogP contribution in [0.1, 0.15) is 40.6 Å². The number of thiophene rings is 1. The number of carbonyl (C=O) groups is 2. The molecule has 0 spiro atoms. The summed E-state index contributed by atoms with van der Waals surface area (Å²) >= 11 is 9.16. The number of benzene rings is 2. The number of hydrogen-bond donors (Lipinski definition) is 1. The minimum Gasteiger partial charge on any atom is -0.345 e. The first-order chi connectivity index (χ1) is 17.1. The van der Waals surface area contributed by atoms with Gasteiger partial charge >= 0.3 is 0 Å². The van der Waals surface area contributed by atoms with Crippen molar-refractivity contribution >= 4 is 51.2 Å². The first kappa shape index (κ1) is 25.9. The number of amides is 2. The quantitative estimate of drug-likeness (QED) is 0.287. The minimum absolute atomic E-state index is 0.173. The van der Waals surface area contributed by atoms with E-state index in [9.17, 15) is 14.0 Å². The fraction of sp³-hybridized carbons (Fsp3) is 0.231. The van der Waals surface area contributed by atoms with Crippen LogP contribution in [-0.4, -0.2) is 41.0 Å². The van der Waals surface area contributed by atoms with E-state index in [2.05, 4.69) is 15.5 Å². The Bertz CT molecular complexity index is 1400. The van der Waals surface area contributed by atoms with Gasteiger partial charge < -0.3 is 10.2 Å². The third-order valence-electron chi connectivity index (χ3n) is 5.87. The Morgan fingerprint density at radius 1 is 1.11 bits per heavy atom. The summed E-state index contributed by atoms with van der Waals surface area (Å²) in [5.74, 6) is -1.24. The fourth-order valence-electron chi connectivity index (χ4n) is 3.99. The molecule has 0 unspecified atom stereocenters. The number of rotatable bonds is 7. The van der Waals surface area contributed by atoms with Gasteiger partial charge in [0.1, 0.15) is 11.3 Å². The zero-order valence-electron chi connectivity index (χ0n) is 20.1. The molecule has 1 atom stereocenters. The average Bonchev–Trinajstić information content (AvgIpc) is 3.51. The standard InChI is InChI=1S/C26H24ClFN4O2S2/c1-26(2,24(34)30-25-31-29-14-35-25)22(16-6-5-7-17(28)12-16)21-11-10-20(36-21)15-8-9-18(19(27)13-15)23(33)32(3)4/h5-14,22H,1-4H3,(H,30,31,34)/t22-/m1/s1. The van der Waals surface area contributed by atoms with Gasteiger partial charge in [0.2, 0.25) is 11.0 Å². The van der Waals surface area contributed by atoms with Crippen molar-refractivity contribution < 1.29 is 14.0 Å². The highest BCUT2D eigenvalue weighted by Crippen LogP contribution is 2.46. The van der Waals surface area contributed by atoms with Crippen LogP contribution in [0.25, 0.3) is 10.4 Å². The lowest BCUT2D eigenvalue weighted by Gasteiger charge is -2.32. The zero-order chi connectivity index (χ0) is 26.0. The van der Waals surface area contributed by atoms with Crippen LogP contribution in [0, 0.1) is 11.2 Å². The molecule has 6 nitrogen and oxygen atoms in total. The monoisotopic (exact) mass is 542 g/mol. The molecule has 0 saturated carbocycles. The molecule has 0 fully saturated rings. The van der Waals surface area contributed by atoms with Gasteiger partial charge in [0, 0.05) is 29.8 Å². The van der Waals surface area contributed by atoms with E-state index in [1.807, 2.05) is 38.1 Å².